The molecule has 0 radical (unpaired) electrons. The van der Waals surface area contributed by atoms with E-state index in [2.05, 4.69) is 10.3 Å². The molecule has 0 bridgehead atoms. The van der Waals surface area contributed by atoms with Crippen LogP contribution in [0.1, 0.15) is 27.2 Å². The Labute approximate surface area is 121 Å². The molecule has 6 nitrogen and oxygen atoms in total. The van der Waals surface area contributed by atoms with Crippen LogP contribution in [0.5, 0.6) is 0 Å². The second-order valence-electron chi connectivity index (χ2n) is 5.42. The van der Waals surface area contributed by atoms with Crippen molar-refractivity contribution in [1.82, 2.24) is 15.0 Å². The molecule has 2 rings (SSSR count). The van der Waals surface area contributed by atoms with E-state index in [9.17, 15) is 14.4 Å². The first kappa shape index (κ1) is 15.0. The van der Waals surface area contributed by atoms with Crippen LogP contribution in [0.4, 0.5) is 0 Å². The molecular weight excluding hydrogens is 270 g/mol. The van der Waals surface area contributed by atoms with Crippen LogP contribution < -0.4 is 5.56 Å². The second-order valence-corrected chi connectivity index (χ2v) is 5.42. The molecule has 0 amide bonds. The number of benzene rings is 1. The lowest BCUT2D eigenvalue weighted by molar-refractivity contribution is -0.131. The van der Waals surface area contributed by atoms with Crippen LogP contribution in [-0.4, -0.2) is 27.1 Å². The van der Waals surface area contributed by atoms with Gasteiger partial charge >= 0.3 is 0 Å². The van der Waals surface area contributed by atoms with Gasteiger partial charge in [-0.25, -0.2) is 0 Å². The van der Waals surface area contributed by atoms with E-state index < -0.39 is 5.54 Å². The van der Waals surface area contributed by atoms with Gasteiger partial charge in [-0.15, -0.1) is 5.10 Å². The van der Waals surface area contributed by atoms with Gasteiger partial charge in [0.15, 0.2) is 5.78 Å². The summed E-state index contributed by atoms with van der Waals surface area (Å²) in [7, 11) is 0. The Morgan fingerprint density at radius 2 is 2.05 bits per heavy atom. The first-order chi connectivity index (χ1) is 9.92. The number of carbonyl (C=O) groups excluding carboxylic acids is 2. The Morgan fingerprint density at radius 1 is 1.38 bits per heavy atom. The lowest BCUT2D eigenvalue weighted by Gasteiger charge is -2.32. The van der Waals surface area contributed by atoms with Crippen molar-refractivity contribution in [2.75, 3.05) is 0 Å². The van der Waals surface area contributed by atoms with Crippen LogP contribution in [-0.2, 0) is 15.1 Å². The number of aldehydes is 1. The Hall–Kier alpha value is -2.37. The number of aromatic nitrogens is 3. The fourth-order valence-electron chi connectivity index (χ4n) is 2.26. The van der Waals surface area contributed by atoms with Crippen molar-refractivity contribution >= 4 is 23.0 Å². The summed E-state index contributed by atoms with van der Waals surface area (Å²) in [6.45, 7) is 5.24. The molecule has 6 heteroatoms. The summed E-state index contributed by atoms with van der Waals surface area (Å²) in [5, 5.41) is 8.33. The largest absolute Gasteiger partial charge is 0.303 e. The van der Waals surface area contributed by atoms with E-state index >= 15 is 0 Å². The standard InChI is InChI=1S/C15H17N3O3/c1-10(2)15(3,13(20)8-9-19)18-14(21)11-6-4-5-7-12(11)16-17-18/h4-7,9-10H,8H2,1-3H3. The minimum Gasteiger partial charge on any atom is -0.303 e. The van der Waals surface area contributed by atoms with Gasteiger partial charge in [0.1, 0.15) is 17.3 Å². The maximum absolute atomic E-state index is 12.6. The number of nitrogens with zero attached hydrogens (tertiary/aromatic N) is 3. The number of hydrogen-bond acceptors (Lipinski definition) is 5. The minimum atomic E-state index is -1.20. The molecule has 0 N–H and O–H groups in total. The van der Waals surface area contributed by atoms with Gasteiger partial charge in [0, 0.05) is 0 Å². The predicted molar refractivity (Wildman–Crippen MR) is 78.0 cm³/mol. The minimum absolute atomic E-state index is 0.210. The molecule has 2 aromatic rings. The maximum atomic E-state index is 12.6. The van der Waals surface area contributed by atoms with Crippen molar-refractivity contribution < 1.29 is 9.59 Å². The first-order valence-corrected chi connectivity index (χ1v) is 6.75. The molecule has 1 aromatic carbocycles. The summed E-state index contributed by atoms with van der Waals surface area (Å²) in [6, 6.07) is 6.83. The molecule has 0 aliphatic rings. The van der Waals surface area contributed by atoms with Crippen molar-refractivity contribution in [2.24, 2.45) is 5.92 Å². The lowest BCUT2D eigenvalue weighted by Crippen LogP contribution is -2.50. The van der Waals surface area contributed by atoms with E-state index in [0.29, 0.717) is 17.2 Å². The fraction of sp³-hybridized carbons (Fsp3) is 0.400. The van der Waals surface area contributed by atoms with Gasteiger partial charge in [0.2, 0.25) is 0 Å². The summed E-state index contributed by atoms with van der Waals surface area (Å²) < 4.78 is 1.10. The zero-order valence-electron chi connectivity index (χ0n) is 12.2. The number of ketones is 1. The highest BCUT2D eigenvalue weighted by Gasteiger charge is 2.40. The van der Waals surface area contributed by atoms with E-state index in [4.69, 9.17) is 0 Å². The Morgan fingerprint density at radius 3 is 2.67 bits per heavy atom. The number of Topliss-reactive ketones (excluding diaryl/α,β-unsaturated/α-hetero) is 1. The average molecular weight is 287 g/mol. The summed E-state index contributed by atoms with van der Waals surface area (Å²) in [4.78, 5) is 35.6. The first-order valence-electron chi connectivity index (χ1n) is 6.75. The highest BCUT2D eigenvalue weighted by atomic mass is 16.2. The molecule has 0 spiro atoms. The Kier molecular flexibility index (Phi) is 3.97. The highest BCUT2D eigenvalue weighted by Crippen LogP contribution is 2.26. The van der Waals surface area contributed by atoms with Crippen molar-refractivity contribution in [3.05, 3.63) is 34.6 Å². The highest BCUT2D eigenvalue weighted by molar-refractivity contribution is 5.95. The number of rotatable bonds is 5. The van der Waals surface area contributed by atoms with Gasteiger partial charge in [0.05, 0.1) is 11.8 Å². The SMILES string of the molecule is CC(C)C(C)(C(=O)CC=O)n1nnc2ccccc2c1=O. The maximum Gasteiger partial charge on any atom is 0.278 e. The predicted octanol–water partition coefficient (Wildman–Crippen LogP) is 1.32. The normalized spacial score (nSPS) is 14.1. The fourth-order valence-corrected chi connectivity index (χ4v) is 2.26. The van der Waals surface area contributed by atoms with E-state index in [1.54, 1.807) is 31.2 Å². The monoisotopic (exact) mass is 287 g/mol. The molecule has 110 valence electrons. The Bertz CT molecular complexity index is 751. The van der Waals surface area contributed by atoms with Gasteiger partial charge in [0.25, 0.3) is 5.56 Å². The molecular formula is C15H17N3O3. The molecule has 0 saturated carbocycles. The summed E-state index contributed by atoms with van der Waals surface area (Å²) in [6.07, 6.45) is 0.290. The number of hydrogen-bond donors (Lipinski definition) is 0. The smallest absolute Gasteiger partial charge is 0.278 e. The van der Waals surface area contributed by atoms with Crippen LogP contribution in [0.25, 0.3) is 10.9 Å². The zero-order chi connectivity index (χ0) is 15.6. The molecule has 1 heterocycles. The number of carbonyl (C=O) groups is 2. The van der Waals surface area contributed by atoms with Crippen LogP contribution in [0.2, 0.25) is 0 Å². The van der Waals surface area contributed by atoms with Crippen LogP contribution in [0, 0.1) is 5.92 Å². The van der Waals surface area contributed by atoms with Gasteiger partial charge in [-0.1, -0.05) is 31.2 Å². The van der Waals surface area contributed by atoms with Crippen LogP contribution in [0.3, 0.4) is 0 Å². The summed E-state index contributed by atoms with van der Waals surface area (Å²) >= 11 is 0. The second kappa shape index (κ2) is 5.55. The van der Waals surface area contributed by atoms with Crippen LogP contribution in [0.15, 0.2) is 29.1 Å². The molecule has 1 unspecified atom stereocenters. The molecule has 0 fully saturated rings. The molecule has 0 aliphatic carbocycles. The topological polar surface area (TPSA) is 81.9 Å². The number of fused-ring (bicyclic) bond motifs is 1. The zero-order valence-corrected chi connectivity index (χ0v) is 12.2. The van der Waals surface area contributed by atoms with Gasteiger partial charge in [-0.2, -0.15) is 4.68 Å². The van der Waals surface area contributed by atoms with E-state index in [1.165, 1.54) is 0 Å². The van der Waals surface area contributed by atoms with E-state index in [-0.39, 0.29) is 23.7 Å². The quantitative estimate of drug-likeness (QED) is 0.612. The third kappa shape index (κ3) is 2.37. The van der Waals surface area contributed by atoms with Crippen molar-refractivity contribution in [1.29, 1.82) is 0 Å². The molecule has 1 aromatic heterocycles. The summed E-state index contributed by atoms with van der Waals surface area (Å²) in [5.41, 5.74) is -1.10. The van der Waals surface area contributed by atoms with Gasteiger partial charge < -0.3 is 4.79 Å². The molecule has 0 aliphatic heterocycles. The lowest BCUT2D eigenvalue weighted by atomic mass is 9.83. The van der Waals surface area contributed by atoms with Gasteiger partial charge in [-0.3, -0.25) is 9.59 Å². The van der Waals surface area contributed by atoms with Crippen LogP contribution >= 0.6 is 0 Å². The third-order valence-corrected chi connectivity index (χ3v) is 3.97. The Balaban J connectivity index is 2.72. The van der Waals surface area contributed by atoms with E-state index in [1.807, 2.05) is 13.8 Å². The van der Waals surface area contributed by atoms with Crippen molar-refractivity contribution in [2.45, 2.75) is 32.7 Å². The van der Waals surface area contributed by atoms with Crippen molar-refractivity contribution in [3.8, 4) is 0 Å². The molecule has 21 heavy (non-hydrogen) atoms. The van der Waals surface area contributed by atoms with Gasteiger partial charge in [-0.05, 0) is 25.0 Å². The molecule has 0 saturated heterocycles. The third-order valence-electron chi connectivity index (χ3n) is 3.97. The molecule has 1 atom stereocenters. The van der Waals surface area contributed by atoms with Crippen molar-refractivity contribution in [3.63, 3.8) is 0 Å². The van der Waals surface area contributed by atoms with E-state index in [0.717, 1.165) is 4.68 Å². The summed E-state index contributed by atoms with van der Waals surface area (Å²) in [5.74, 6) is -0.558. The average Bonchev–Trinajstić information content (AvgIpc) is 2.47.